The van der Waals surface area contributed by atoms with Crippen molar-refractivity contribution in [3.05, 3.63) is 27.3 Å². The van der Waals surface area contributed by atoms with Gasteiger partial charge in [0.25, 0.3) is 5.91 Å². The van der Waals surface area contributed by atoms with Crippen LogP contribution >= 0.6 is 22.6 Å². The average molecular weight is 291 g/mol. The van der Waals surface area contributed by atoms with Crippen LogP contribution < -0.4 is 10.1 Å². The van der Waals surface area contributed by atoms with Crippen molar-refractivity contribution in [2.75, 3.05) is 14.2 Å². The number of hydrogen-bond donors (Lipinski definition) is 1. The zero-order valence-corrected chi connectivity index (χ0v) is 9.58. The first-order valence-electron chi connectivity index (χ1n) is 3.74. The minimum atomic E-state index is -0.0768. The van der Waals surface area contributed by atoms with Gasteiger partial charge in [0.1, 0.15) is 5.75 Å². The fraction of sp³-hybridized carbons (Fsp3) is 0.222. The van der Waals surface area contributed by atoms with E-state index in [1.165, 1.54) is 0 Å². The number of ether oxygens (including phenoxy) is 1. The van der Waals surface area contributed by atoms with Gasteiger partial charge < -0.3 is 10.1 Å². The third kappa shape index (κ3) is 2.33. The summed E-state index contributed by atoms with van der Waals surface area (Å²) < 4.78 is 5.91. The first-order chi connectivity index (χ1) is 6.19. The average Bonchev–Trinajstić information content (AvgIpc) is 2.16. The highest BCUT2D eigenvalue weighted by molar-refractivity contribution is 14.1. The van der Waals surface area contributed by atoms with Gasteiger partial charge in [-0.25, -0.2) is 0 Å². The van der Waals surface area contributed by atoms with Crippen LogP contribution in [0, 0.1) is 3.57 Å². The molecule has 1 amide bonds. The quantitative estimate of drug-likeness (QED) is 0.842. The lowest BCUT2D eigenvalue weighted by molar-refractivity contribution is 0.0962. The summed E-state index contributed by atoms with van der Waals surface area (Å²) in [5.41, 5.74) is 0.670. The highest BCUT2D eigenvalue weighted by Crippen LogP contribution is 2.19. The highest BCUT2D eigenvalue weighted by atomic mass is 127. The van der Waals surface area contributed by atoms with E-state index in [1.807, 2.05) is 6.07 Å². The molecule has 70 valence electrons. The fourth-order valence-corrected chi connectivity index (χ4v) is 1.67. The monoisotopic (exact) mass is 291 g/mol. The molecule has 1 aromatic rings. The third-order valence-electron chi connectivity index (χ3n) is 1.65. The number of methoxy groups -OCH3 is 1. The molecular formula is C9H10INO2. The predicted molar refractivity (Wildman–Crippen MR) is 59.1 cm³/mol. The minimum Gasteiger partial charge on any atom is -0.497 e. The summed E-state index contributed by atoms with van der Waals surface area (Å²) in [6, 6.07) is 5.34. The lowest BCUT2D eigenvalue weighted by atomic mass is 10.2. The van der Waals surface area contributed by atoms with E-state index >= 15 is 0 Å². The number of carbonyl (C=O) groups excluding carboxylic acids is 1. The second-order valence-electron chi connectivity index (χ2n) is 2.42. The molecule has 0 unspecified atom stereocenters. The lowest BCUT2D eigenvalue weighted by Gasteiger charge is -2.04. The number of rotatable bonds is 2. The van der Waals surface area contributed by atoms with Gasteiger partial charge in [0, 0.05) is 10.6 Å². The standard InChI is InChI=1S/C9H10INO2/c1-11-9(12)7-4-3-6(13-2)5-8(7)10/h3-5H,1-2H3,(H,11,12). The maximum atomic E-state index is 11.3. The lowest BCUT2D eigenvalue weighted by Crippen LogP contribution is -2.18. The molecule has 0 spiro atoms. The van der Waals surface area contributed by atoms with E-state index in [4.69, 9.17) is 4.74 Å². The van der Waals surface area contributed by atoms with Crippen molar-refractivity contribution in [2.24, 2.45) is 0 Å². The molecule has 1 rings (SSSR count). The molecule has 1 N–H and O–H groups in total. The molecule has 0 aliphatic rings. The Morgan fingerprint density at radius 2 is 2.23 bits per heavy atom. The van der Waals surface area contributed by atoms with Crippen LogP contribution in [-0.2, 0) is 0 Å². The molecule has 1 aromatic carbocycles. The van der Waals surface area contributed by atoms with Crippen LogP contribution in [0.1, 0.15) is 10.4 Å². The van der Waals surface area contributed by atoms with Gasteiger partial charge in [-0.05, 0) is 40.8 Å². The Bertz CT molecular complexity index is 325. The summed E-state index contributed by atoms with van der Waals surface area (Å²) in [6.07, 6.45) is 0. The van der Waals surface area contributed by atoms with E-state index in [0.29, 0.717) is 5.56 Å². The SMILES string of the molecule is CNC(=O)c1ccc(OC)cc1I. The van der Waals surface area contributed by atoms with E-state index in [0.717, 1.165) is 9.32 Å². The van der Waals surface area contributed by atoms with Crippen molar-refractivity contribution >= 4 is 28.5 Å². The molecule has 13 heavy (non-hydrogen) atoms. The van der Waals surface area contributed by atoms with E-state index in [2.05, 4.69) is 27.9 Å². The van der Waals surface area contributed by atoms with Gasteiger partial charge in [0.05, 0.1) is 12.7 Å². The van der Waals surface area contributed by atoms with Gasteiger partial charge in [-0.15, -0.1) is 0 Å². The largest absolute Gasteiger partial charge is 0.497 e. The first-order valence-corrected chi connectivity index (χ1v) is 4.82. The van der Waals surface area contributed by atoms with Gasteiger partial charge in [0.15, 0.2) is 0 Å². The van der Waals surface area contributed by atoms with Crippen molar-refractivity contribution in [1.82, 2.24) is 5.32 Å². The normalized spacial score (nSPS) is 9.46. The summed E-state index contributed by atoms with van der Waals surface area (Å²) >= 11 is 2.11. The molecule has 0 aromatic heterocycles. The third-order valence-corrected chi connectivity index (χ3v) is 2.54. The van der Waals surface area contributed by atoms with E-state index < -0.39 is 0 Å². The Hall–Kier alpha value is -0.780. The summed E-state index contributed by atoms with van der Waals surface area (Å²) in [4.78, 5) is 11.3. The number of hydrogen-bond acceptors (Lipinski definition) is 2. The van der Waals surface area contributed by atoms with Crippen LogP contribution in [0.5, 0.6) is 5.75 Å². The molecule has 3 nitrogen and oxygen atoms in total. The summed E-state index contributed by atoms with van der Waals surface area (Å²) in [7, 11) is 3.22. The number of amides is 1. The van der Waals surface area contributed by atoms with Crippen LogP contribution in [0.15, 0.2) is 18.2 Å². The van der Waals surface area contributed by atoms with Crippen molar-refractivity contribution in [3.63, 3.8) is 0 Å². The molecule has 0 saturated heterocycles. The van der Waals surface area contributed by atoms with E-state index in [9.17, 15) is 4.79 Å². The van der Waals surface area contributed by atoms with Crippen LogP contribution in [0.4, 0.5) is 0 Å². The molecule has 0 radical (unpaired) electrons. The van der Waals surface area contributed by atoms with Gasteiger partial charge in [-0.1, -0.05) is 0 Å². The number of benzene rings is 1. The fourth-order valence-electron chi connectivity index (χ4n) is 0.942. The van der Waals surface area contributed by atoms with Crippen molar-refractivity contribution < 1.29 is 9.53 Å². The zero-order chi connectivity index (χ0) is 9.84. The molecule has 0 fully saturated rings. The van der Waals surface area contributed by atoms with E-state index in [1.54, 1.807) is 26.3 Å². The van der Waals surface area contributed by atoms with Gasteiger partial charge in [-0.3, -0.25) is 4.79 Å². The number of carbonyl (C=O) groups is 1. The molecule has 0 saturated carbocycles. The Balaban J connectivity index is 3.05. The van der Waals surface area contributed by atoms with Crippen molar-refractivity contribution in [1.29, 1.82) is 0 Å². The highest BCUT2D eigenvalue weighted by Gasteiger charge is 2.07. The second kappa shape index (κ2) is 4.45. The summed E-state index contributed by atoms with van der Waals surface area (Å²) in [5, 5.41) is 2.58. The second-order valence-corrected chi connectivity index (χ2v) is 3.59. The van der Waals surface area contributed by atoms with Crippen molar-refractivity contribution in [2.45, 2.75) is 0 Å². The van der Waals surface area contributed by atoms with Crippen LogP contribution in [-0.4, -0.2) is 20.1 Å². The zero-order valence-electron chi connectivity index (χ0n) is 7.43. The van der Waals surface area contributed by atoms with Crippen LogP contribution in [0.3, 0.4) is 0 Å². The molecular weight excluding hydrogens is 281 g/mol. The molecule has 4 heteroatoms. The molecule has 0 heterocycles. The Labute approximate surface area is 90.6 Å². The first kappa shape index (κ1) is 10.3. The van der Waals surface area contributed by atoms with Gasteiger partial charge in [0.2, 0.25) is 0 Å². The maximum absolute atomic E-state index is 11.3. The summed E-state index contributed by atoms with van der Waals surface area (Å²) in [5.74, 6) is 0.684. The maximum Gasteiger partial charge on any atom is 0.252 e. The van der Waals surface area contributed by atoms with Gasteiger partial charge in [-0.2, -0.15) is 0 Å². The predicted octanol–water partition coefficient (Wildman–Crippen LogP) is 1.66. The molecule has 0 aliphatic carbocycles. The Kier molecular flexibility index (Phi) is 3.53. The number of halogens is 1. The molecule has 0 aliphatic heterocycles. The number of nitrogens with one attached hydrogen (secondary N) is 1. The van der Waals surface area contributed by atoms with E-state index in [-0.39, 0.29) is 5.91 Å². The van der Waals surface area contributed by atoms with Crippen molar-refractivity contribution in [3.8, 4) is 5.75 Å². The van der Waals surface area contributed by atoms with Crippen LogP contribution in [0.25, 0.3) is 0 Å². The Morgan fingerprint density at radius 1 is 1.54 bits per heavy atom. The van der Waals surface area contributed by atoms with Gasteiger partial charge >= 0.3 is 0 Å². The smallest absolute Gasteiger partial charge is 0.252 e. The van der Waals surface area contributed by atoms with Crippen LogP contribution in [0.2, 0.25) is 0 Å². The minimum absolute atomic E-state index is 0.0768. The molecule has 0 atom stereocenters. The topological polar surface area (TPSA) is 38.3 Å². The Morgan fingerprint density at radius 3 is 2.69 bits per heavy atom. The molecule has 0 bridgehead atoms. The summed E-state index contributed by atoms with van der Waals surface area (Å²) in [6.45, 7) is 0.